The van der Waals surface area contributed by atoms with Crippen LogP contribution in [0.3, 0.4) is 0 Å². The summed E-state index contributed by atoms with van der Waals surface area (Å²) in [6, 6.07) is 3.48. The van der Waals surface area contributed by atoms with E-state index in [-0.39, 0.29) is 12.5 Å². The standard InChI is InChI=1S/C11H12ClN3O2/c1-7(2)11-15-14-9(17-11)6-16-8-4-3-5-13-10(8)12/h3-5,7H,6H2,1-2H3. The first-order chi connectivity index (χ1) is 8.16. The van der Waals surface area contributed by atoms with Gasteiger partial charge >= 0.3 is 0 Å². The highest BCUT2D eigenvalue weighted by atomic mass is 35.5. The number of aromatic nitrogens is 3. The van der Waals surface area contributed by atoms with Crippen LogP contribution in [0.2, 0.25) is 5.15 Å². The molecular formula is C11H12ClN3O2. The van der Waals surface area contributed by atoms with E-state index in [2.05, 4.69) is 15.2 Å². The summed E-state index contributed by atoms with van der Waals surface area (Å²) in [7, 11) is 0. The SMILES string of the molecule is CC(C)c1nnc(COc2cccnc2Cl)o1. The van der Waals surface area contributed by atoms with E-state index < -0.39 is 0 Å². The van der Waals surface area contributed by atoms with E-state index in [0.29, 0.717) is 22.7 Å². The molecule has 0 fully saturated rings. The molecule has 0 aliphatic rings. The van der Waals surface area contributed by atoms with Crippen LogP contribution < -0.4 is 4.74 Å². The fourth-order valence-corrected chi connectivity index (χ4v) is 1.35. The molecule has 0 saturated carbocycles. The number of halogens is 1. The quantitative estimate of drug-likeness (QED) is 0.784. The van der Waals surface area contributed by atoms with Gasteiger partial charge in [0, 0.05) is 12.1 Å². The summed E-state index contributed by atoms with van der Waals surface area (Å²) in [4.78, 5) is 3.90. The maximum absolute atomic E-state index is 5.84. The first-order valence-electron chi connectivity index (χ1n) is 5.22. The van der Waals surface area contributed by atoms with Gasteiger partial charge in [-0.2, -0.15) is 0 Å². The summed E-state index contributed by atoms with van der Waals surface area (Å²) in [5, 5.41) is 8.10. The molecular weight excluding hydrogens is 242 g/mol. The second kappa shape index (κ2) is 5.14. The number of pyridine rings is 1. The molecule has 90 valence electrons. The Morgan fingerprint density at radius 1 is 1.41 bits per heavy atom. The Morgan fingerprint density at radius 2 is 2.24 bits per heavy atom. The maximum atomic E-state index is 5.84. The molecule has 5 nitrogen and oxygen atoms in total. The molecule has 0 saturated heterocycles. The second-order valence-electron chi connectivity index (χ2n) is 3.77. The highest BCUT2D eigenvalue weighted by Gasteiger charge is 2.10. The Morgan fingerprint density at radius 3 is 2.88 bits per heavy atom. The van der Waals surface area contributed by atoms with Gasteiger partial charge in [0.05, 0.1) is 0 Å². The topological polar surface area (TPSA) is 61.0 Å². The molecule has 0 radical (unpaired) electrons. The van der Waals surface area contributed by atoms with Crippen LogP contribution in [0.15, 0.2) is 22.7 Å². The van der Waals surface area contributed by atoms with Crippen molar-refractivity contribution in [2.75, 3.05) is 0 Å². The van der Waals surface area contributed by atoms with Crippen molar-refractivity contribution in [2.24, 2.45) is 0 Å². The van der Waals surface area contributed by atoms with Gasteiger partial charge in [-0.3, -0.25) is 0 Å². The maximum Gasteiger partial charge on any atom is 0.253 e. The highest BCUT2D eigenvalue weighted by molar-refractivity contribution is 6.30. The largest absolute Gasteiger partial charge is 0.481 e. The third-order valence-corrected chi connectivity index (χ3v) is 2.34. The molecule has 0 aromatic carbocycles. The van der Waals surface area contributed by atoms with Gasteiger partial charge < -0.3 is 9.15 Å². The van der Waals surface area contributed by atoms with E-state index in [0.717, 1.165) is 0 Å². The Kier molecular flexibility index (Phi) is 3.58. The summed E-state index contributed by atoms with van der Waals surface area (Å²) in [5.41, 5.74) is 0. The van der Waals surface area contributed by atoms with Gasteiger partial charge in [-0.1, -0.05) is 25.4 Å². The Balaban J connectivity index is 2.00. The van der Waals surface area contributed by atoms with Crippen molar-refractivity contribution in [3.8, 4) is 5.75 Å². The average Bonchev–Trinajstić information content (AvgIpc) is 2.77. The molecule has 0 atom stereocenters. The zero-order valence-corrected chi connectivity index (χ0v) is 10.3. The van der Waals surface area contributed by atoms with Gasteiger partial charge in [-0.15, -0.1) is 10.2 Å². The summed E-state index contributed by atoms with van der Waals surface area (Å²) >= 11 is 5.84. The molecule has 0 amide bonds. The molecule has 2 aromatic heterocycles. The number of hydrogen-bond donors (Lipinski definition) is 0. The van der Waals surface area contributed by atoms with Crippen LogP contribution in [0, 0.1) is 0 Å². The van der Waals surface area contributed by atoms with Crippen molar-refractivity contribution >= 4 is 11.6 Å². The molecule has 0 aliphatic heterocycles. The van der Waals surface area contributed by atoms with Crippen LogP contribution in [-0.4, -0.2) is 15.2 Å². The number of rotatable bonds is 4. The monoisotopic (exact) mass is 253 g/mol. The van der Waals surface area contributed by atoms with E-state index in [1.165, 1.54) is 0 Å². The molecule has 17 heavy (non-hydrogen) atoms. The average molecular weight is 254 g/mol. The van der Waals surface area contributed by atoms with Crippen LogP contribution in [0.4, 0.5) is 0 Å². The number of hydrogen-bond acceptors (Lipinski definition) is 5. The molecule has 0 unspecified atom stereocenters. The van der Waals surface area contributed by atoms with E-state index in [1.807, 2.05) is 13.8 Å². The van der Waals surface area contributed by atoms with E-state index in [1.54, 1.807) is 18.3 Å². The molecule has 0 bridgehead atoms. The molecule has 6 heteroatoms. The van der Waals surface area contributed by atoms with Crippen LogP contribution in [0.1, 0.15) is 31.5 Å². The summed E-state index contributed by atoms with van der Waals surface area (Å²) in [6.45, 7) is 4.15. The van der Waals surface area contributed by atoms with Gasteiger partial charge in [0.25, 0.3) is 5.89 Å². The Bertz CT molecular complexity index is 499. The molecule has 0 spiro atoms. The van der Waals surface area contributed by atoms with Gasteiger partial charge in [0.2, 0.25) is 5.89 Å². The second-order valence-corrected chi connectivity index (χ2v) is 4.13. The van der Waals surface area contributed by atoms with E-state index >= 15 is 0 Å². The first kappa shape index (κ1) is 11.9. The predicted octanol–water partition coefficient (Wildman–Crippen LogP) is 2.82. The summed E-state index contributed by atoms with van der Waals surface area (Å²) in [5.74, 6) is 1.73. The zero-order valence-electron chi connectivity index (χ0n) is 9.55. The lowest BCUT2D eigenvalue weighted by Gasteiger charge is -2.03. The Hall–Kier alpha value is -1.62. The van der Waals surface area contributed by atoms with Crippen LogP contribution in [-0.2, 0) is 6.61 Å². The van der Waals surface area contributed by atoms with Crippen molar-refractivity contribution < 1.29 is 9.15 Å². The van der Waals surface area contributed by atoms with Gasteiger partial charge in [0.1, 0.15) is 0 Å². The Labute approximate surface area is 104 Å². The lowest BCUT2D eigenvalue weighted by Crippen LogP contribution is -1.96. The van der Waals surface area contributed by atoms with Gasteiger partial charge in [0.15, 0.2) is 17.5 Å². The minimum Gasteiger partial charge on any atom is -0.481 e. The van der Waals surface area contributed by atoms with Crippen molar-refractivity contribution in [3.63, 3.8) is 0 Å². The van der Waals surface area contributed by atoms with Crippen molar-refractivity contribution in [2.45, 2.75) is 26.4 Å². The molecule has 0 N–H and O–H groups in total. The third-order valence-electron chi connectivity index (χ3n) is 2.05. The molecule has 2 heterocycles. The molecule has 2 rings (SSSR count). The van der Waals surface area contributed by atoms with Crippen molar-refractivity contribution in [1.82, 2.24) is 15.2 Å². The lowest BCUT2D eigenvalue weighted by atomic mass is 10.2. The van der Waals surface area contributed by atoms with E-state index in [4.69, 9.17) is 20.8 Å². The molecule has 2 aromatic rings. The first-order valence-corrected chi connectivity index (χ1v) is 5.60. The predicted molar refractivity (Wildman–Crippen MR) is 62.0 cm³/mol. The smallest absolute Gasteiger partial charge is 0.253 e. The summed E-state index contributed by atoms with van der Waals surface area (Å²) < 4.78 is 10.8. The van der Waals surface area contributed by atoms with Crippen LogP contribution >= 0.6 is 11.6 Å². The van der Waals surface area contributed by atoms with Gasteiger partial charge in [-0.25, -0.2) is 4.98 Å². The number of ether oxygens (including phenoxy) is 1. The van der Waals surface area contributed by atoms with Gasteiger partial charge in [-0.05, 0) is 12.1 Å². The minimum absolute atomic E-state index is 0.186. The van der Waals surface area contributed by atoms with Crippen LogP contribution in [0.25, 0.3) is 0 Å². The van der Waals surface area contributed by atoms with Crippen molar-refractivity contribution in [1.29, 1.82) is 0 Å². The fourth-order valence-electron chi connectivity index (χ4n) is 1.18. The minimum atomic E-state index is 0.186. The van der Waals surface area contributed by atoms with Crippen LogP contribution in [0.5, 0.6) is 5.75 Å². The third kappa shape index (κ3) is 2.94. The zero-order chi connectivity index (χ0) is 12.3. The summed E-state index contributed by atoms with van der Waals surface area (Å²) in [6.07, 6.45) is 1.60. The van der Waals surface area contributed by atoms with E-state index in [9.17, 15) is 0 Å². The fraction of sp³-hybridized carbons (Fsp3) is 0.364. The number of nitrogens with zero attached hydrogens (tertiary/aromatic N) is 3. The normalized spacial score (nSPS) is 10.8. The lowest BCUT2D eigenvalue weighted by molar-refractivity contribution is 0.257. The highest BCUT2D eigenvalue weighted by Crippen LogP contribution is 2.21. The van der Waals surface area contributed by atoms with Crippen molar-refractivity contribution in [3.05, 3.63) is 35.3 Å². The molecule has 0 aliphatic carbocycles.